The zero-order valence-corrected chi connectivity index (χ0v) is 16.6. The largest absolute Gasteiger partial charge is 0.325 e. The fraction of sp³-hybridized carbons (Fsp3) is 0.316. The molecule has 0 atom stereocenters. The van der Waals surface area contributed by atoms with E-state index in [1.165, 1.54) is 4.31 Å². The summed E-state index contributed by atoms with van der Waals surface area (Å²) in [7, 11) is -3.48. The molecule has 27 heavy (non-hydrogen) atoms. The van der Waals surface area contributed by atoms with Gasteiger partial charge in [0.2, 0.25) is 15.9 Å². The zero-order valence-electron chi connectivity index (χ0n) is 15.1. The Hall–Kier alpha value is -1.93. The summed E-state index contributed by atoms with van der Waals surface area (Å²) < 4.78 is 26.8. The number of sulfonamides is 1. The molecule has 1 aliphatic rings. The summed E-state index contributed by atoms with van der Waals surface area (Å²) in [4.78, 5) is 14.6. The van der Waals surface area contributed by atoms with Crippen LogP contribution in [0.2, 0.25) is 5.02 Å². The molecule has 0 spiro atoms. The first-order valence-corrected chi connectivity index (χ1v) is 10.5. The van der Waals surface area contributed by atoms with Gasteiger partial charge in [0, 0.05) is 36.9 Å². The highest BCUT2D eigenvalue weighted by atomic mass is 35.5. The molecule has 3 rings (SSSR count). The highest BCUT2D eigenvalue weighted by Crippen LogP contribution is 2.20. The third kappa shape index (κ3) is 4.87. The fourth-order valence-corrected chi connectivity index (χ4v) is 4.70. The first kappa shape index (κ1) is 19.8. The molecule has 0 bridgehead atoms. The molecule has 1 fully saturated rings. The van der Waals surface area contributed by atoms with Crippen molar-refractivity contribution in [2.24, 2.45) is 0 Å². The number of anilines is 1. The van der Waals surface area contributed by atoms with Gasteiger partial charge >= 0.3 is 0 Å². The molecule has 0 unspecified atom stereocenters. The van der Waals surface area contributed by atoms with E-state index in [0.29, 0.717) is 36.1 Å². The molecule has 2 aromatic carbocycles. The molecular formula is C19H22ClN3O3S. The van der Waals surface area contributed by atoms with E-state index in [2.05, 4.69) is 5.32 Å². The maximum absolute atomic E-state index is 12.6. The monoisotopic (exact) mass is 407 g/mol. The van der Waals surface area contributed by atoms with Crippen LogP contribution in [-0.4, -0.2) is 56.3 Å². The molecule has 0 radical (unpaired) electrons. The highest BCUT2D eigenvalue weighted by molar-refractivity contribution is 7.89. The molecule has 1 aliphatic heterocycles. The Balaban J connectivity index is 1.54. The van der Waals surface area contributed by atoms with Crippen molar-refractivity contribution in [3.05, 3.63) is 59.1 Å². The molecule has 0 aliphatic carbocycles. The van der Waals surface area contributed by atoms with Crippen molar-refractivity contribution in [2.45, 2.75) is 11.8 Å². The molecule has 1 heterocycles. The number of aryl methyl sites for hydroxylation is 1. The van der Waals surface area contributed by atoms with E-state index in [9.17, 15) is 13.2 Å². The summed E-state index contributed by atoms with van der Waals surface area (Å²) in [6.45, 7) is 3.86. The van der Waals surface area contributed by atoms with Crippen LogP contribution in [0.3, 0.4) is 0 Å². The highest BCUT2D eigenvalue weighted by Gasteiger charge is 2.28. The zero-order chi connectivity index (χ0) is 19.4. The van der Waals surface area contributed by atoms with Crippen molar-refractivity contribution >= 4 is 33.2 Å². The van der Waals surface area contributed by atoms with Gasteiger partial charge in [-0.2, -0.15) is 4.31 Å². The SMILES string of the molecule is Cc1cc(Cl)ccc1NC(=O)CN1CCN(S(=O)(=O)c2ccccc2)CC1. The summed E-state index contributed by atoms with van der Waals surface area (Å²) in [6, 6.07) is 13.7. The number of carbonyl (C=O) groups is 1. The van der Waals surface area contributed by atoms with Crippen molar-refractivity contribution in [3.63, 3.8) is 0 Å². The molecule has 8 heteroatoms. The van der Waals surface area contributed by atoms with Gasteiger partial charge < -0.3 is 5.32 Å². The van der Waals surface area contributed by atoms with Crippen LogP contribution in [0.25, 0.3) is 0 Å². The summed E-state index contributed by atoms with van der Waals surface area (Å²) in [6.07, 6.45) is 0. The van der Waals surface area contributed by atoms with Gasteiger partial charge in [-0.05, 0) is 42.8 Å². The Kier molecular flexibility index (Phi) is 6.16. The lowest BCUT2D eigenvalue weighted by atomic mass is 10.2. The number of piperazine rings is 1. The molecule has 1 amide bonds. The second kappa shape index (κ2) is 8.39. The van der Waals surface area contributed by atoms with E-state index in [-0.39, 0.29) is 12.5 Å². The molecule has 1 saturated heterocycles. The Morgan fingerprint density at radius 2 is 1.74 bits per heavy atom. The molecule has 0 saturated carbocycles. The van der Waals surface area contributed by atoms with Crippen molar-refractivity contribution < 1.29 is 13.2 Å². The summed E-state index contributed by atoms with van der Waals surface area (Å²) in [5, 5.41) is 3.51. The predicted octanol–water partition coefficient (Wildman–Crippen LogP) is 2.59. The topological polar surface area (TPSA) is 69.7 Å². The number of hydrogen-bond acceptors (Lipinski definition) is 4. The van der Waals surface area contributed by atoms with Gasteiger partial charge in [-0.25, -0.2) is 8.42 Å². The Labute approximate surface area is 164 Å². The lowest BCUT2D eigenvalue weighted by Crippen LogP contribution is -2.50. The quantitative estimate of drug-likeness (QED) is 0.827. The van der Waals surface area contributed by atoms with Crippen LogP contribution in [-0.2, 0) is 14.8 Å². The van der Waals surface area contributed by atoms with Crippen LogP contribution in [0.1, 0.15) is 5.56 Å². The minimum atomic E-state index is -3.48. The van der Waals surface area contributed by atoms with E-state index in [0.717, 1.165) is 11.3 Å². The minimum Gasteiger partial charge on any atom is -0.325 e. The predicted molar refractivity (Wildman–Crippen MR) is 106 cm³/mol. The summed E-state index contributed by atoms with van der Waals surface area (Å²) in [5.41, 5.74) is 1.63. The first-order chi connectivity index (χ1) is 12.9. The van der Waals surface area contributed by atoms with E-state index in [1.807, 2.05) is 11.8 Å². The van der Waals surface area contributed by atoms with Gasteiger partial charge in [0.15, 0.2) is 0 Å². The second-order valence-corrected chi connectivity index (χ2v) is 8.88. The van der Waals surface area contributed by atoms with Gasteiger partial charge in [0.1, 0.15) is 0 Å². The van der Waals surface area contributed by atoms with Crippen LogP contribution in [0.4, 0.5) is 5.69 Å². The van der Waals surface area contributed by atoms with Crippen LogP contribution >= 0.6 is 11.6 Å². The van der Waals surface area contributed by atoms with Crippen molar-refractivity contribution in [3.8, 4) is 0 Å². The number of amides is 1. The standard InChI is InChI=1S/C19H22ClN3O3S/c1-15-13-16(20)7-8-18(15)21-19(24)14-22-9-11-23(12-10-22)27(25,26)17-5-3-2-4-6-17/h2-8,13H,9-12,14H2,1H3,(H,21,24). The van der Waals surface area contributed by atoms with Crippen molar-refractivity contribution in [1.82, 2.24) is 9.21 Å². The lowest BCUT2D eigenvalue weighted by molar-refractivity contribution is -0.117. The summed E-state index contributed by atoms with van der Waals surface area (Å²) >= 11 is 5.93. The number of rotatable bonds is 5. The molecule has 6 nitrogen and oxygen atoms in total. The minimum absolute atomic E-state index is 0.125. The van der Waals surface area contributed by atoms with Crippen LogP contribution in [0, 0.1) is 6.92 Å². The van der Waals surface area contributed by atoms with Crippen molar-refractivity contribution in [2.75, 3.05) is 38.0 Å². The Bertz CT molecular complexity index is 911. The smallest absolute Gasteiger partial charge is 0.243 e. The van der Waals surface area contributed by atoms with E-state index < -0.39 is 10.0 Å². The maximum Gasteiger partial charge on any atom is 0.243 e. The van der Waals surface area contributed by atoms with Gasteiger partial charge in [0.25, 0.3) is 0 Å². The molecule has 1 N–H and O–H groups in total. The van der Waals surface area contributed by atoms with Crippen LogP contribution in [0.5, 0.6) is 0 Å². The van der Waals surface area contributed by atoms with Crippen LogP contribution in [0.15, 0.2) is 53.4 Å². The van der Waals surface area contributed by atoms with E-state index in [1.54, 1.807) is 48.5 Å². The Morgan fingerprint density at radius 3 is 2.37 bits per heavy atom. The third-order valence-corrected chi connectivity index (χ3v) is 6.69. The average molecular weight is 408 g/mol. The number of nitrogens with zero attached hydrogens (tertiary/aromatic N) is 2. The van der Waals surface area contributed by atoms with Crippen LogP contribution < -0.4 is 5.32 Å². The number of benzene rings is 2. The normalized spacial score (nSPS) is 16.2. The fourth-order valence-electron chi connectivity index (χ4n) is 3.03. The van der Waals surface area contributed by atoms with E-state index in [4.69, 9.17) is 11.6 Å². The second-order valence-electron chi connectivity index (χ2n) is 6.50. The molecule has 0 aromatic heterocycles. The van der Waals surface area contributed by atoms with Gasteiger partial charge in [-0.3, -0.25) is 9.69 Å². The maximum atomic E-state index is 12.6. The molecule has 2 aromatic rings. The molecule has 144 valence electrons. The van der Waals surface area contributed by atoms with Gasteiger partial charge in [0.05, 0.1) is 11.4 Å². The Morgan fingerprint density at radius 1 is 1.07 bits per heavy atom. The average Bonchev–Trinajstić information content (AvgIpc) is 2.65. The van der Waals surface area contributed by atoms with Gasteiger partial charge in [-0.1, -0.05) is 29.8 Å². The number of nitrogens with one attached hydrogen (secondary N) is 1. The number of carbonyl (C=O) groups excluding carboxylic acids is 1. The van der Waals surface area contributed by atoms with Crippen molar-refractivity contribution in [1.29, 1.82) is 0 Å². The number of halogens is 1. The lowest BCUT2D eigenvalue weighted by Gasteiger charge is -2.33. The third-order valence-electron chi connectivity index (χ3n) is 4.54. The first-order valence-electron chi connectivity index (χ1n) is 8.70. The van der Waals surface area contributed by atoms with E-state index >= 15 is 0 Å². The molecular weight excluding hydrogens is 386 g/mol. The van der Waals surface area contributed by atoms with Gasteiger partial charge in [-0.15, -0.1) is 0 Å². The number of hydrogen-bond donors (Lipinski definition) is 1. The summed E-state index contributed by atoms with van der Waals surface area (Å²) in [5.74, 6) is -0.125.